The first-order chi connectivity index (χ1) is 3.70. The number of aliphatic hydroxyl groups is 2. The molecule has 8 heavy (non-hydrogen) atoms. The van der Waals surface area contributed by atoms with Crippen LogP contribution < -0.4 is 5.73 Å². The summed E-state index contributed by atoms with van der Waals surface area (Å²) in [5.41, 5.74) is 5.36. The first kappa shape index (κ1) is 6.01. The van der Waals surface area contributed by atoms with E-state index < -0.39 is 6.10 Å². The summed E-state index contributed by atoms with van der Waals surface area (Å²) in [7, 11) is 0. The van der Waals surface area contributed by atoms with Gasteiger partial charge in [0.25, 0.3) is 0 Å². The van der Waals surface area contributed by atoms with E-state index in [2.05, 4.69) is 0 Å². The minimum absolute atomic E-state index is 0.204. The van der Waals surface area contributed by atoms with Gasteiger partial charge in [0.2, 0.25) is 0 Å². The predicted octanol–water partition coefficient (Wildman–Crippen LogP) is -1.17. The Labute approximate surface area is 48.1 Å². The Morgan fingerprint density at radius 3 is 2.00 bits per heavy atom. The van der Waals surface area contributed by atoms with E-state index in [0.717, 1.165) is 0 Å². The van der Waals surface area contributed by atoms with Crippen LogP contribution in [0.3, 0.4) is 0 Å². The molecule has 0 amide bonds. The maximum Gasteiger partial charge on any atom is 0.0716 e. The SMILES string of the molecule is NC1CC(O)CC1O. The molecule has 4 N–H and O–H groups in total. The van der Waals surface area contributed by atoms with Gasteiger partial charge in [0, 0.05) is 12.5 Å². The van der Waals surface area contributed by atoms with Gasteiger partial charge in [-0.25, -0.2) is 0 Å². The van der Waals surface area contributed by atoms with Crippen LogP contribution in [0.1, 0.15) is 12.8 Å². The Kier molecular flexibility index (Phi) is 1.51. The third-order valence-electron chi connectivity index (χ3n) is 1.55. The summed E-state index contributed by atoms with van der Waals surface area (Å²) in [5.74, 6) is 0. The van der Waals surface area contributed by atoms with Crippen LogP contribution in [0.4, 0.5) is 0 Å². The summed E-state index contributed by atoms with van der Waals surface area (Å²) in [6, 6.07) is -0.204. The molecule has 3 nitrogen and oxygen atoms in total. The topological polar surface area (TPSA) is 66.5 Å². The highest BCUT2D eigenvalue weighted by atomic mass is 16.3. The van der Waals surface area contributed by atoms with Crippen LogP contribution in [-0.2, 0) is 0 Å². The lowest BCUT2D eigenvalue weighted by molar-refractivity contribution is 0.133. The van der Waals surface area contributed by atoms with Crippen molar-refractivity contribution in [3.63, 3.8) is 0 Å². The molecule has 0 radical (unpaired) electrons. The van der Waals surface area contributed by atoms with E-state index in [1.807, 2.05) is 0 Å². The third-order valence-corrected chi connectivity index (χ3v) is 1.55. The van der Waals surface area contributed by atoms with Crippen molar-refractivity contribution in [1.29, 1.82) is 0 Å². The fraction of sp³-hybridized carbons (Fsp3) is 1.00. The lowest BCUT2D eigenvalue weighted by Crippen LogP contribution is -2.28. The minimum Gasteiger partial charge on any atom is -0.393 e. The van der Waals surface area contributed by atoms with Crippen molar-refractivity contribution in [1.82, 2.24) is 0 Å². The molecule has 3 unspecified atom stereocenters. The van der Waals surface area contributed by atoms with Crippen LogP contribution in [0.5, 0.6) is 0 Å². The zero-order valence-corrected chi connectivity index (χ0v) is 4.62. The Morgan fingerprint density at radius 1 is 1.25 bits per heavy atom. The maximum absolute atomic E-state index is 8.88. The van der Waals surface area contributed by atoms with Gasteiger partial charge in [0.15, 0.2) is 0 Å². The van der Waals surface area contributed by atoms with Crippen LogP contribution in [0, 0.1) is 0 Å². The molecule has 1 rings (SSSR count). The van der Waals surface area contributed by atoms with Crippen LogP contribution in [-0.4, -0.2) is 28.5 Å². The predicted molar refractivity (Wildman–Crippen MR) is 29.2 cm³/mol. The van der Waals surface area contributed by atoms with Gasteiger partial charge in [0.1, 0.15) is 0 Å². The van der Waals surface area contributed by atoms with Gasteiger partial charge >= 0.3 is 0 Å². The largest absolute Gasteiger partial charge is 0.393 e. The molecule has 0 aliphatic heterocycles. The first-order valence-corrected chi connectivity index (χ1v) is 2.82. The van der Waals surface area contributed by atoms with Gasteiger partial charge in [-0.05, 0) is 6.42 Å². The number of hydrogen-bond donors (Lipinski definition) is 3. The molecular formula is C5H11NO2. The molecule has 1 aliphatic carbocycles. The lowest BCUT2D eigenvalue weighted by Gasteiger charge is -2.04. The second-order valence-electron chi connectivity index (χ2n) is 2.36. The van der Waals surface area contributed by atoms with E-state index in [4.69, 9.17) is 15.9 Å². The molecule has 48 valence electrons. The second kappa shape index (κ2) is 2.01. The molecule has 1 saturated carbocycles. The molecule has 0 aromatic heterocycles. The summed E-state index contributed by atoms with van der Waals surface area (Å²) < 4.78 is 0. The first-order valence-electron chi connectivity index (χ1n) is 2.82. The third kappa shape index (κ3) is 0.992. The van der Waals surface area contributed by atoms with Crippen LogP contribution in [0.25, 0.3) is 0 Å². The van der Waals surface area contributed by atoms with Crippen molar-refractivity contribution in [2.75, 3.05) is 0 Å². The standard InChI is InChI=1S/C5H11NO2/c6-4-1-3(7)2-5(4)8/h3-5,7-8H,1-2,6H2. The summed E-state index contributed by atoms with van der Waals surface area (Å²) in [6.45, 7) is 0. The summed E-state index contributed by atoms with van der Waals surface area (Å²) in [4.78, 5) is 0. The summed E-state index contributed by atoms with van der Waals surface area (Å²) >= 11 is 0. The van der Waals surface area contributed by atoms with Crippen LogP contribution >= 0.6 is 0 Å². The van der Waals surface area contributed by atoms with Crippen molar-refractivity contribution in [3.05, 3.63) is 0 Å². The van der Waals surface area contributed by atoms with Crippen LogP contribution in [0.2, 0.25) is 0 Å². The Morgan fingerprint density at radius 2 is 1.88 bits per heavy atom. The number of nitrogens with two attached hydrogens (primary N) is 1. The highest BCUT2D eigenvalue weighted by Gasteiger charge is 2.28. The number of hydrogen-bond acceptors (Lipinski definition) is 3. The van der Waals surface area contributed by atoms with E-state index in [0.29, 0.717) is 12.8 Å². The molecule has 0 saturated heterocycles. The molecule has 3 atom stereocenters. The normalized spacial score (nSPS) is 47.6. The van der Waals surface area contributed by atoms with Crippen molar-refractivity contribution in [2.45, 2.75) is 31.1 Å². The van der Waals surface area contributed by atoms with Gasteiger partial charge in [-0.1, -0.05) is 0 Å². The molecule has 1 aliphatic rings. The molecule has 3 heteroatoms. The zero-order valence-electron chi connectivity index (χ0n) is 4.62. The quantitative estimate of drug-likeness (QED) is 0.374. The van der Waals surface area contributed by atoms with Gasteiger partial charge in [-0.2, -0.15) is 0 Å². The monoisotopic (exact) mass is 117 g/mol. The highest BCUT2D eigenvalue weighted by Crippen LogP contribution is 2.16. The second-order valence-corrected chi connectivity index (χ2v) is 2.36. The number of rotatable bonds is 0. The maximum atomic E-state index is 8.88. The van der Waals surface area contributed by atoms with Gasteiger partial charge in [0.05, 0.1) is 12.2 Å². The minimum atomic E-state index is -0.481. The van der Waals surface area contributed by atoms with Gasteiger partial charge in [-0.3, -0.25) is 0 Å². The highest BCUT2D eigenvalue weighted by molar-refractivity contribution is 4.85. The van der Waals surface area contributed by atoms with Gasteiger partial charge < -0.3 is 15.9 Å². The van der Waals surface area contributed by atoms with E-state index in [1.54, 1.807) is 0 Å². The molecule has 1 fully saturated rings. The fourth-order valence-electron chi connectivity index (χ4n) is 1.02. The van der Waals surface area contributed by atoms with Crippen molar-refractivity contribution >= 4 is 0 Å². The lowest BCUT2D eigenvalue weighted by atomic mass is 10.2. The fourth-order valence-corrected chi connectivity index (χ4v) is 1.02. The number of aliphatic hydroxyl groups excluding tert-OH is 2. The molecule has 0 aromatic rings. The molecule has 0 heterocycles. The summed E-state index contributed by atoms with van der Waals surface area (Å²) in [5, 5.41) is 17.7. The van der Waals surface area contributed by atoms with E-state index >= 15 is 0 Å². The average molecular weight is 117 g/mol. The van der Waals surface area contributed by atoms with Crippen molar-refractivity contribution < 1.29 is 10.2 Å². The smallest absolute Gasteiger partial charge is 0.0716 e. The molecule has 0 spiro atoms. The summed E-state index contributed by atoms with van der Waals surface area (Å²) in [6.07, 6.45) is 0.132. The average Bonchev–Trinajstić information content (AvgIpc) is 1.85. The molecular weight excluding hydrogens is 106 g/mol. The molecule has 0 aromatic carbocycles. The van der Waals surface area contributed by atoms with E-state index in [-0.39, 0.29) is 12.1 Å². The van der Waals surface area contributed by atoms with Crippen molar-refractivity contribution in [2.24, 2.45) is 5.73 Å². The zero-order chi connectivity index (χ0) is 6.15. The molecule has 0 bridgehead atoms. The van der Waals surface area contributed by atoms with E-state index in [9.17, 15) is 0 Å². The Hall–Kier alpha value is -0.120. The Balaban J connectivity index is 2.39. The van der Waals surface area contributed by atoms with E-state index in [1.165, 1.54) is 0 Å². The van der Waals surface area contributed by atoms with Crippen LogP contribution in [0.15, 0.2) is 0 Å². The Bertz CT molecular complexity index is 76.5. The van der Waals surface area contributed by atoms with Gasteiger partial charge in [-0.15, -0.1) is 0 Å². The van der Waals surface area contributed by atoms with Crippen molar-refractivity contribution in [3.8, 4) is 0 Å².